The number of aryl methyl sites for hydroxylation is 1. The largest absolute Gasteiger partial charge is 0.483 e. The minimum atomic E-state index is -0.288. The van der Waals surface area contributed by atoms with E-state index in [0.717, 1.165) is 13.0 Å². The third-order valence-electron chi connectivity index (χ3n) is 3.62. The van der Waals surface area contributed by atoms with Crippen LogP contribution in [0.4, 0.5) is 0 Å². The lowest BCUT2D eigenvalue weighted by Gasteiger charge is -2.09. The number of benzene rings is 1. The van der Waals surface area contributed by atoms with Crippen molar-refractivity contribution in [1.82, 2.24) is 15.1 Å². The topological polar surface area (TPSA) is 69.3 Å². The van der Waals surface area contributed by atoms with Crippen LogP contribution in [0.5, 0.6) is 5.75 Å². The molecule has 2 aromatic heterocycles. The summed E-state index contributed by atoms with van der Waals surface area (Å²) >= 11 is 18.0. The van der Waals surface area contributed by atoms with Gasteiger partial charge in [0, 0.05) is 30.5 Å². The molecule has 9 heteroatoms. The summed E-state index contributed by atoms with van der Waals surface area (Å²) in [6.07, 6.45) is 4.35. The van der Waals surface area contributed by atoms with Crippen molar-refractivity contribution < 1.29 is 13.9 Å². The molecule has 0 aliphatic carbocycles. The molecule has 0 aliphatic heterocycles. The van der Waals surface area contributed by atoms with Gasteiger partial charge in [0.15, 0.2) is 11.5 Å². The predicted molar refractivity (Wildman–Crippen MR) is 104 cm³/mol. The highest BCUT2D eigenvalue weighted by molar-refractivity contribution is 6.40. The SMILES string of the molecule is O=C(NCCCn1cccn1)c1ccc(COc2c(Cl)cc(Cl)cc2Cl)o1. The molecular formula is C18H16Cl3N3O3. The molecule has 27 heavy (non-hydrogen) atoms. The van der Waals surface area contributed by atoms with E-state index in [2.05, 4.69) is 10.4 Å². The van der Waals surface area contributed by atoms with Gasteiger partial charge in [-0.1, -0.05) is 34.8 Å². The van der Waals surface area contributed by atoms with Gasteiger partial charge in [-0.05, 0) is 36.8 Å². The fourth-order valence-electron chi connectivity index (χ4n) is 2.35. The van der Waals surface area contributed by atoms with Crippen LogP contribution in [0, 0.1) is 0 Å². The van der Waals surface area contributed by atoms with Crippen molar-refractivity contribution in [3.8, 4) is 5.75 Å². The Labute approximate surface area is 171 Å². The van der Waals surface area contributed by atoms with Crippen LogP contribution in [-0.2, 0) is 13.2 Å². The molecule has 0 aliphatic rings. The van der Waals surface area contributed by atoms with Crippen molar-refractivity contribution in [1.29, 1.82) is 0 Å². The number of amides is 1. The maximum Gasteiger partial charge on any atom is 0.286 e. The van der Waals surface area contributed by atoms with Crippen LogP contribution in [0.3, 0.4) is 0 Å². The highest BCUT2D eigenvalue weighted by Gasteiger charge is 2.13. The summed E-state index contributed by atoms with van der Waals surface area (Å²) in [6.45, 7) is 1.32. The van der Waals surface area contributed by atoms with Crippen LogP contribution < -0.4 is 10.1 Å². The van der Waals surface area contributed by atoms with E-state index in [4.69, 9.17) is 44.0 Å². The number of halogens is 3. The predicted octanol–water partition coefficient (Wildman–Crippen LogP) is 4.84. The van der Waals surface area contributed by atoms with Gasteiger partial charge in [-0.25, -0.2) is 0 Å². The van der Waals surface area contributed by atoms with Crippen LogP contribution >= 0.6 is 34.8 Å². The molecule has 6 nitrogen and oxygen atoms in total. The van der Waals surface area contributed by atoms with E-state index in [0.29, 0.717) is 33.1 Å². The van der Waals surface area contributed by atoms with Crippen LogP contribution in [0.1, 0.15) is 22.7 Å². The van der Waals surface area contributed by atoms with E-state index in [1.54, 1.807) is 18.3 Å². The Hall–Kier alpha value is -2.15. The third kappa shape index (κ3) is 5.42. The Morgan fingerprint density at radius 2 is 2.00 bits per heavy atom. The Balaban J connectivity index is 1.48. The van der Waals surface area contributed by atoms with Crippen LogP contribution in [-0.4, -0.2) is 22.2 Å². The Bertz CT molecular complexity index is 887. The van der Waals surface area contributed by atoms with Crippen molar-refractivity contribution in [2.45, 2.75) is 19.6 Å². The molecule has 0 spiro atoms. The van der Waals surface area contributed by atoms with Gasteiger partial charge >= 0.3 is 0 Å². The number of hydrogen-bond donors (Lipinski definition) is 1. The fraction of sp³-hybridized carbons (Fsp3) is 0.222. The summed E-state index contributed by atoms with van der Waals surface area (Å²) in [5, 5.41) is 7.92. The molecule has 1 N–H and O–H groups in total. The molecule has 0 fully saturated rings. The number of aromatic nitrogens is 2. The highest BCUT2D eigenvalue weighted by Crippen LogP contribution is 2.36. The summed E-state index contributed by atoms with van der Waals surface area (Å²) in [5.74, 6) is 0.702. The molecule has 0 bridgehead atoms. The van der Waals surface area contributed by atoms with E-state index in [1.807, 2.05) is 16.9 Å². The van der Waals surface area contributed by atoms with Crippen LogP contribution in [0.15, 0.2) is 47.1 Å². The van der Waals surface area contributed by atoms with Gasteiger partial charge in [0.2, 0.25) is 0 Å². The van der Waals surface area contributed by atoms with Crippen LogP contribution in [0.2, 0.25) is 15.1 Å². The van der Waals surface area contributed by atoms with Crippen LogP contribution in [0.25, 0.3) is 0 Å². The third-order valence-corrected chi connectivity index (χ3v) is 4.40. The maximum absolute atomic E-state index is 12.1. The zero-order valence-electron chi connectivity index (χ0n) is 14.1. The second-order valence-corrected chi connectivity index (χ2v) is 6.88. The molecule has 142 valence electrons. The first-order chi connectivity index (χ1) is 13.0. The zero-order chi connectivity index (χ0) is 19.2. The van der Waals surface area contributed by atoms with Crippen molar-refractivity contribution in [2.24, 2.45) is 0 Å². The second-order valence-electron chi connectivity index (χ2n) is 5.63. The van der Waals surface area contributed by atoms with Crippen molar-refractivity contribution >= 4 is 40.7 Å². The number of carbonyl (C=O) groups is 1. The van der Waals surface area contributed by atoms with Gasteiger partial charge in [0.25, 0.3) is 5.91 Å². The van der Waals surface area contributed by atoms with E-state index in [9.17, 15) is 4.79 Å². The number of nitrogens with one attached hydrogen (secondary N) is 1. The average molecular weight is 429 g/mol. The van der Waals surface area contributed by atoms with E-state index >= 15 is 0 Å². The standard InChI is InChI=1S/C18H16Cl3N3O3/c19-12-9-14(20)17(15(21)10-12)26-11-13-3-4-16(27-13)18(25)22-5-1-7-24-8-2-6-23-24/h2-4,6,8-10H,1,5,7,11H2,(H,22,25). The van der Waals surface area contributed by atoms with Crippen molar-refractivity contribution in [3.05, 3.63) is 69.3 Å². The van der Waals surface area contributed by atoms with E-state index < -0.39 is 0 Å². The Kier molecular flexibility index (Phi) is 6.66. The van der Waals surface area contributed by atoms with E-state index in [-0.39, 0.29) is 18.3 Å². The minimum absolute atomic E-state index is 0.0770. The van der Waals surface area contributed by atoms with Gasteiger partial charge in [-0.2, -0.15) is 5.10 Å². The lowest BCUT2D eigenvalue weighted by Crippen LogP contribution is -2.24. The number of rotatable bonds is 8. The normalized spacial score (nSPS) is 10.8. The number of furan rings is 1. The number of carbonyl (C=O) groups excluding carboxylic acids is 1. The Morgan fingerprint density at radius 1 is 1.22 bits per heavy atom. The molecule has 3 rings (SSSR count). The smallest absolute Gasteiger partial charge is 0.286 e. The van der Waals surface area contributed by atoms with Gasteiger partial charge in [0.1, 0.15) is 12.4 Å². The summed E-state index contributed by atoms with van der Waals surface area (Å²) in [4.78, 5) is 12.1. The minimum Gasteiger partial charge on any atom is -0.483 e. The fourth-order valence-corrected chi connectivity index (χ4v) is 3.28. The number of nitrogens with zero attached hydrogens (tertiary/aromatic N) is 2. The van der Waals surface area contributed by atoms with E-state index in [1.165, 1.54) is 12.1 Å². The molecule has 0 unspecified atom stereocenters. The molecule has 1 amide bonds. The first kappa shape index (κ1) is 19.6. The summed E-state index contributed by atoms with van der Waals surface area (Å²) < 4.78 is 12.9. The summed E-state index contributed by atoms with van der Waals surface area (Å²) in [6, 6.07) is 8.18. The maximum atomic E-state index is 12.1. The molecule has 0 saturated carbocycles. The van der Waals surface area contributed by atoms with Gasteiger partial charge in [0.05, 0.1) is 10.0 Å². The van der Waals surface area contributed by atoms with Gasteiger partial charge in [-0.15, -0.1) is 0 Å². The summed E-state index contributed by atoms with van der Waals surface area (Å²) in [7, 11) is 0. The monoisotopic (exact) mass is 427 g/mol. The second kappa shape index (κ2) is 9.17. The zero-order valence-corrected chi connectivity index (χ0v) is 16.4. The average Bonchev–Trinajstić information content (AvgIpc) is 3.29. The molecule has 0 atom stereocenters. The van der Waals surface area contributed by atoms with Gasteiger partial charge in [-0.3, -0.25) is 9.48 Å². The first-order valence-electron chi connectivity index (χ1n) is 8.14. The number of ether oxygens (including phenoxy) is 1. The molecular weight excluding hydrogens is 413 g/mol. The lowest BCUT2D eigenvalue weighted by molar-refractivity contribution is 0.0921. The number of hydrogen-bond acceptors (Lipinski definition) is 4. The lowest BCUT2D eigenvalue weighted by atomic mass is 10.3. The highest BCUT2D eigenvalue weighted by atomic mass is 35.5. The molecule has 0 saturated heterocycles. The molecule has 3 aromatic rings. The Morgan fingerprint density at radius 3 is 2.70 bits per heavy atom. The molecule has 2 heterocycles. The summed E-state index contributed by atoms with van der Waals surface area (Å²) in [5.41, 5.74) is 0. The molecule has 0 radical (unpaired) electrons. The first-order valence-corrected chi connectivity index (χ1v) is 9.28. The van der Waals surface area contributed by atoms with Gasteiger partial charge < -0.3 is 14.5 Å². The van der Waals surface area contributed by atoms with Crippen molar-refractivity contribution in [2.75, 3.05) is 6.54 Å². The quantitative estimate of drug-likeness (QED) is 0.521. The van der Waals surface area contributed by atoms with Crippen molar-refractivity contribution in [3.63, 3.8) is 0 Å². The molecule has 1 aromatic carbocycles.